The molecule has 172 valence electrons. The Balaban J connectivity index is 0.00000341. The van der Waals surface area contributed by atoms with Gasteiger partial charge in [0.2, 0.25) is 5.89 Å². The molecule has 1 aromatic carbocycles. The van der Waals surface area contributed by atoms with Crippen molar-refractivity contribution in [3.8, 4) is 0 Å². The van der Waals surface area contributed by atoms with Crippen LogP contribution in [0.1, 0.15) is 63.4 Å². The van der Waals surface area contributed by atoms with Gasteiger partial charge in [0.15, 0.2) is 11.8 Å². The Bertz CT molecular complexity index is 828. The first kappa shape index (κ1) is 25.5. The second kappa shape index (κ2) is 12.3. The molecule has 0 aliphatic carbocycles. The summed E-state index contributed by atoms with van der Waals surface area (Å²) >= 11 is 0. The van der Waals surface area contributed by atoms with Gasteiger partial charge in [-0.1, -0.05) is 31.1 Å². The number of rotatable bonds is 7. The number of aryl methyl sites for hydroxylation is 1. The van der Waals surface area contributed by atoms with Crippen LogP contribution in [0.15, 0.2) is 33.8 Å². The van der Waals surface area contributed by atoms with Crippen molar-refractivity contribution in [1.82, 2.24) is 20.4 Å². The fourth-order valence-electron chi connectivity index (χ4n) is 3.43. The van der Waals surface area contributed by atoms with E-state index in [1.54, 1.807) is 12.1 Å². The predicted molar refractivity (Wildman–Crippen MR) is 129 cm³/mol. The lowest BCUT2D eigenvalue weighted by atomic mass is 10.1. The van der Waals surface area contributed by atoms with E-state index in [4.69, 9.17) is 14.3 Å². The lowest BCUT2D eigenvalue weighted by Gasteiger charge is -2.38. The Hall–Kier alpha value is -1.75. The average molecular weight is 545 g/mol. The highest BCUT2D eigenvalue weighted by Gasteiger charge is 2.28. The summed E-state index contributed by atoms with van der Waals surface area (Å²) in [5.41, 5.74) is 0.973. The van der Waals surface area contributed by atoms with E-state index in [9.17, 15) is 4.39 Å². The first-order valence-electron chi connectivity index (χ1n) is 10.7. The molecule has 1 aromatic heterocycles. The maximum absolute atomic E-state index is 13.3. The molecule has 1 aliphatic rings. The highest BCUT2D eigenvalue weighted by molar-refractivity contribution is 14.0. The summed E-state index contributed by atoms with van der Waals surface area (Å²) in [7, 11) is 0. The van der Waals surface area contributed by atoms with Gasteiger partial charge in [-0.3, -0.25) is 4.99 Å². The van der Waals surface area contributed by atoms with Gasteiger partial charge in [-0.2, -0.15) is 4.98 Å². The molecule has 1 fully saturated rings. The van der Waals surface area contributed by atoms with E-state index in [0.29, 0.717) is 25.4 Å². The van der Waals surface area contributed by atoms with E-state index in [1.165, 1.54) is 12.1 Å². The van der Waals surface area contributed by atoms with Gasteiger partial charge >= 0.3 is 0 Å². The van der Waals surface area contributed by atoms with Crippen molar-refractivity contribution >= 4 is 29.9 Å². The third-order valence-electron chi connectivity index (χ3n) is 4.95. The van der Waals surface area contributed by atoms with Crippen LogP contribution in [0, 0.1) is 5.82 Å². The Labute approximate surface area is 200 Å². The molecule has 0 radical (unpaired) electrons. The van der Waals surface area contributed by atoms with Crippen molar-refractivity contribution in [3.63, 3.8) is 0 Å². The second-order valence-corrected chi connectivity index (χ2v) is 7.93. The first-order chi connectivity index (χ1) is 14.5. The third-order valence-corrected chi connectivity index (χ3v) is 4.95. The fraction of sp³-hybridized carbons (Fsp3) is 0.591. The molecule has 0 spiro atoms. The number of nitrogens with one attached hydrogen (secondary N) is 1. The number of benzene rings is 1. The van der Waals surface area contributed by atoms with Gasteiger partial charge in [0.1, 0.15) is 11.9 Å². The van der Waals surface area contributed by atoms with Crippen LogP contribution in [0.5, 0.6) is 0 Å². The minimum absolute atomic E-state index is 0. The molecule has 2 unspecified atom stereocenters. The molecule has 3 rings (SSSR count). The SMILES string of the molecule is CCNC(=NCCCc1nc(C(C)C)no1)N1CC(C)OC(c2ccc(F)cc2)C1.I. The highest BCUT2D eigenvalue weighted by atomic mass is 127. The number of halogens is 2. The minimum Gasteiger partial charge on any atom is -0.367 e. The molecule has 1 N–H and O–H groups in total. The molecule has 2 aromatic rings. The summed E-state index contributed by atoms with van der Waals surface area (Å²) < 4.78 is 24.7. The highest BCUT2D eigenvalue weighted by Crippen LogP contribution is 2.25. The monoisotopic (exact) mass is 545 g/mol. The summed E-state index contributed by atoms with van der Waals surface area (Å²) in [6, 6.07) is 6.53. The van der Waals surface area contributed by atoms with Crippen LogP contribution in [0.3, 0.4) is 0 Å². The van der Waals surface area contributed by atoms with Gasteiger partial charge in [0.05, 0.1) is 12.6 Å². The van der Waals surface area contributed by atoms with Crippen LogP contribution in [-0.2, 0) is 11.2 Å². The van der Waals surface area contributed by atoms with E-state index in [0.717, 1.165) is 36.9 Å². The topological polar surface area (TPSA) is 75.8 Å². The number of aliphatic imine (C=N–C) groups is 1. The smallest absolute Gasteiger partial charge is 0.226 e. The van der Waals surface area contributed by atoms with Crippen LogP contribution < -0.4 is 5.32 Å². The van der Waals surface area contributed by atoms with E-state index in [1.807, 2.05) is 20.8 Å². The zero-order valence-electron chi connectivity index (χ0n) is 18.7. The number of hydrogen-bond donors (Lipinski definition) is 1. The zero-order chi connectivity index (χ0) is 21.5. The first-order valence-corrected chi connectivity index (χ1v) is 10.7. The number of hydrogen-bond acceptors (Lipinski definition) is 5. The summed E-state index contributed by atoms with van der Waals surface area (Å²) in [5, 5.41) is 7.38. The van der Waals surface area contributed by atoms with Crippen molar-refractivity contribution in [2.24, 2.45) is 4.99 Å². The van der Waals surface area contributed by atoms with Crippen LogP contribution in [0.25, 0.3) is 0 Å². The normalized spacial score (nSPS) is 19.4. The Morgan fingerprint density at radius 3 is 2.68 bits per heavy atom. The lowest BCUT2D eigenvalue weighted by Crippen LogP contribution is -2.50. The molecule has 2 heterocycles. The van der Waals surface area contributed by atoms with Gasteiger partial charge in [-0.25, -0.2) is 4.39 Å². The average Bonchev–Trinajstić information content (AvgIpc) is 3.20. The molecule has 1 aliphatic heterocycles. The molecule has 9 heteroatoms. The Morgan fingerprint density at radius 1 is 1.29 bits per heavy atom. The fourth-order valence-corrected chi connectivity index (χ4v) is 3.43. The van der Waals surface area contributed by atoms with Crippen molar-refractivity contribution in [2.75, 3.05) is 26.2 Å². The lowest BCUT2D eigenvalue weighted by molar-refractivity contribution is -0.0605. The van der Waals surface area contributed by atoms with Gasteiger partial charge in [-0.15, -0.1) is 24.0 Å². The molecule has 31 heavy (non-hydrogen) atoms. The quantitative estimate of drug-likeness (QED) is 0.242. The molecular weight excluding hydrogens is 512 g/mol. The summed E-state index contributed by atoms with van der Waals surface area (Å²) in [5.74, 6) is 2.30. The number of nitrogens with zero attached hydrogens (tertiary/aromatic N) is 4. The van der Waals surface area contributed by atoms with Crippen LogP contribution >= 0.6 is 24.0 Å². The minimum atomic E-state index is -0.240. The number of aromatic nitrogens is 2. The molecule has 1 saturated heterocycles. The van der Waals surface area contributed by atoms with Crippen LogP contribution in [-0.4, -0.2) is 53.3 Å². The standard InChI is InChI=1S/C22H32FN5O2.HI/c1-5-24-22(25-12-6-7-20-26-21(15(2)3)27-30-20)28-13-16(4)29-19(14-28)17-8-10-18(23)11-9-17;/h8-11,15-16,19H,5-7,12-14H2,1-4H3,(H,24,25);1H. The molecule has 0 amide bonds. The molecule has 0 saturated carbocycles. The summed E-state index contributed by atoms with van der Waals surface area (Å²) in [6.07, 6.45) is 1.47. The maximum atomic E-state index is 13.3. The summed E-state index contributed by atoms with van der Waals surface area (Å²) in [4.78, 5) is 11.4. The summed E-state index contributed by atoms with van der Waals surface area (Å²) in [6.45, 7) is 11.1. The van der Waals surface area contributed by atoms with Crippen molar-refractivity contribution in [2.45, 2.75) is 58.7 Å². The van der Waals surface area contributed by atoms with Gasteiger partial charge < -0.3 is 19.5 Å². The number of morpholine rings is 1. The molecule has 0 bridgehead atoms. The predicted octanol–water partition coefficient (Wildman–Crippen LogP) is 4.31. The van der Waals surface area contributed by atoms with Gasteiger partial charge in [-0.05, 0) is 38.0 Å². The Morgan fingerprint density at radius 2 is 2.03 bits per heavy atom. The van der Waals surface area contributed by atoms with Crippen molar-refractivity contribution < 1.29 is 13.7 Å². The van der Waals surface area contributed by atoms with Crippen molar-refractivity contribution in [1.29, 1.82) is 0 Å². The molecular formula is C22H33FIN5O2. The third kappa shape index (κ3) is 7.41. The zero-order valence-corrected chi connectivity index (χ0v) is 21.0. The van der Waals surface area contributed by atoms with E-state index >= 15 is 0 Å². The molecule has 7 nitrogen and oxygen atoms in total. The van der Waals surface area contributed by atoms with E-state index in [2.05, 4.69) is 27.3 Å². The van der Waals surface area contributed by atoms with Crippen LogP contribution in [0.4, 0.5) is 4.39 Å². The van der Waals surface area contributed by atoms with E-state index in [-0.39, 0.29) is 47.9 Å². The second-order valence-electron chi connectivity index (χ2n) is 7.93. The Kier molecular flexibility index (Phi) is 10.1. The number of guanidine groups is 1. The maximum Gasteiger partial charge on any atom is 0.226 e. The van der Waals surface area contributed by atoms with E-state index < -0.39 is 0 Å². The largest absolute Gasteiger partial charge is 0.367 e. The molecule has 2 atom stereocenters. The van der Waals surface area contributed by atoms with Gasteiger partial charge in [0.25, 0.3) is 0 Å². The van der Waals surface area contributed by atoms with Gasteiger partial charge in [0, 0.05) is 32.0 Å². The van der Waals surface area contributed by atoms with Crippen molar-refractivity contribution in [3.05, 3.63) is 47.4 Å². The van der Waals surface area contributed by atoms with Crippen LogP contribution in [0.2, 0.25) is 0 Å². The number of ether oxygens (including phenoxy) is 1.